The van der Waals surface area contributed by atoms with E-state index in [1.165, 1.54) is 130 Å². The van der Waals surface area contributed by atoms with Crippen LogP contribution in [-0.2, 0) is 0 Å². The number of nitrogens with zero attached hydrogens (tertiary/aromatic N) is 2. The summed E-state index contributed by atoms with van der Waals surface area (Å²) in [5.74, 6) is -0.114. The number of benzene rings is 9. The van der Waals surface area contributed by atoms with Gasteiger partial charge in [0.1, 0.15) is 11.6 Å². The van der Waals surface area contributed by atoms with Crippen LogP contribution in [0, 0.1) is 11.6 Å². The van der Waals surface area contributed by atoms with Crippen molar-refractivity contribution >= 4 is 107 Å². The molecule has 0 atom stereocenters. The highest BCUT2D eigenvalue weighted by atomic mass is 32.1. The third kappa shape index (κ3) is 6.34. The third-order valence-corrected chi connectivity index (χ3v) is 18.9. The Morgan fingerprint density at radius 2 is 0.722 bits per heavy atom. The lowest BCUT2D eigenvalue weighted by atomic mass is 9.72. The summed E-state index contributed by atoms with van der Waals surface area (Å²) in [4.78, 5) is 0. The van der Waals surface area contributed by atoms with Crippen molar-refractivity contribution in [2.75, 3.05) is 0 Å². The van der Waals surface area contributed by atoms with E-state index in [1.807, 2.05) is 46.9 Å². The zero-order valence-corrected chi connectivity index (χ0v) is 41.5. The van der Waals surface area contributed by atoms with Crippen molar-refractivity contribution in [1.29, 1.82) is 0 Å². The summed E-state index contributed by atoms with van der Waals surface area (Å²) in [6.45, 7) is 0. The molecular formula is C66H50F2N2S2. The summed E-state index contributed by atoms with van der Waals surface area (Å²) in [5.41, 5.74) is 14.1. The van der Waals surface area contributed by atoms with Crippen LogP contribution in [-0.4, -0.2) is 9.13 Å². The molecule has 0 unspecified atom stereocenters. The molecule has 9 aromatic carbocycles. The Kier molecular flexibility index (Phi) is 9.89. The minimum Gasteiger partial charge on any atom is -0.308 e. The highest BCUT2D eigenvalue weighted by molar-refractivity contribution is 7.26. The van der Waals surface area contributed by atoms with E-state index in [2.05, 4.69) is 130 Å². The number of hydrogen-bond acceptors (Lipinski definition) is 2. The van der Waals surface area contributed by atoms with E-state index < -0.39 is 0 Å². The van der Waals surface area contributed by atoms with Gasteiger partial charge in [0.2, 0.25) is 0 Å². The SMILES string of the molecule is Fc1ccc(-c2c(C3CCCCC3)c(-c3ccc(F)cc3)c(-n3c4ccccc4c4c5c(ccc43)sc3ccccc35)c(C3CCCCC3)c2-n2c3ccccc3c3c4c(ccc32)sc2ccccc24)cc1. The zero-order chi connectivity index (χ0) is 47.6. The van der Waals surface area contributed by atoms with E-state index in [9.17, 15) is 0 Å². The van der Waals surface area contributed by atoms with Gasteiger partial charge in [-0.05, 0) is 127 Å². The first-order chi connectivity index (χ1) is 35.6. The van der Waals surface area contributed by atoms with Crippen LogP contribution < -0.4 is 0 Å². The highest BCUT2D eigenvalue weighted by Gasteiger charge is 2.37. The Labute approximate surface area is 424 Å². The molecule has 0 bridgehead atoms. The molecule has 0 aliphatic heterocycles. The van der Waals surface area contributed by atoms with Crippen LogP contribution in [0.25, 0.3) is 118 Å². The van der Waals surface area contributed by atoms with Crippen molar-refractivity contribution in [1.82, 2.24) is 9.13 Å². The van der Waals surface area contributed by atoms with E-state index in [-0.39, 0.29) is 23.5 Å². The molecule has 0 saturated heterocycles. The monoisotopic (exact) mass is 972 g/mol. The first-order valence-corrected chi connectivity index (χ1v) is 27.7. The van der Waals surface area contributed by atoms with E-state index in [1.54, 1.807) is 24.3 Å². The molecule has 72 heavy (non-hydrogen) atoms. The maximum absolute atomic E-state index is 15.5. The van der Waals surface area contributed by atoms with Crippen molar-refractivity contribution in [2.24, 2.45) is 0 Å². The van der Waals surface area contributed by atoms with Crippen LogP contribution in [0.3, 0.4) is 0 Å². The van der Waals surface area contributed by atoms with Crippen LogP contribution in [0.1, 0.15) is 87.2 Å². The molecule has 0 amide bonds. The summed E-state index contributed by atoms with van der Waals surface area (Å²) in [7, 11) is 0. The molecule has 2 saturated carbocycles. The largest absolute Gasteiger partial charge is 0.308 e. The van der Waals surface area contributed by atoms with Gasteiger partial charge in [-0.1, -0.05) is 136 Å². The number of thiophene rings is 2. The Balaban J connectivity index is 1.23. The number of halogens is 2. The molecule has 0 N–H and O–H groups in total. The minimum absolute atomic E-state index is 0.186. The second-order valence-corrected chi connectivity index (χ2v) is 22.7. The third-order valence-electron chi connectivity index (χ3n) is 16.6. The van der Waals surface area contributed by atoms with Crippen molar-refractivity contribution in [3.8, 4) is 33.6 Å². The second-order valence-electron chi connectivity index (χ2n) is 20.5. The smallest absolute Gasteiger partial charge is 0.123 e. The molecule has 2 fully saturated rings. The number of rotatable bonds is 6. The molecule has 350 valence electrons. The Morgan fingerprint density at radius 3 is 1.17 bits per heavy atom. The van der Waals surface area contributed by atoms with Gasteiger partial charge in [-0.15, -0.1) is 22.7 Å². The Morgan fingerprint density at radius 1 is 0.333 bits per heavy atom. The van der Waals surface area contributed by atoms with Crippen molar-refractivity contribution in [3.63, 3.8) is 0 Å². The molecule has 4 aromatic heterocycles. The van der Waals surface area contributed by atoms with Crippen LogP contribution in [0.4, 0.5) is 8.78 Å². The normalized spacial score (nSPS) is 15.2. The molecular weight excluding hydrogens is 923 g/mol. The van der Waals surface area contributed by atoms with E-state index in [4.69, 9.17) is 0 Å². The lowest BCUT2D eigenvalue weighted by molar-refractivity contribution is 0.439. The molecule has 13 aromatic rings. The van der Waals surface area contributed by atoms with Crippen molar-refractivity contribution in [2.45, 2.75) is 76.0 Å². The van der Waals surface area contributed by atoms with Crippen LogP contribution in [0.15, 0.2) is 170 Å². The van der Waals surface area contributed by atoms with Gasteiger partial charge in [0, 0.05) is 78.6 Å². The molecule has 2 aliphatic rings. The minimum atomic E-state index is -0.247. The summed E-state index contributed by atoms with van der Waals surface area (Å²) in [6, 6.07) is 60.2. The molecule has 2 nitrogen and oxygen atoms in total. The average Bonchev–Trinajstić information content (AvgIpc) is 4.19. The molecule has 0 radical (unpaired) electrons. The zero-order valence-electron chi connectivity index (χ0n) is 39.9. The Hall–Kier alpha value is -7.12. The highest BCUT2D eigenvalue weighted by Crippen LogP contribution is 2.57. The quantitative estimate of drug-likeness (QED) is 0.157. The van der Waals surface area contributed by atoms with E-state index >= 15 is 8.78 Å². The van der Waals surface area contributed by atoms with E-state index in [0.29, 0.717) is 0 Å². The average molecular weight is 973 g/mol. The fraction of sp³-hybridized carbons (Fsp3) is 0.182. The lowest BCUT2D eigenvalue weighted by Crippen LogP contribution is -2.19. The van der Waals surface area contributed by atoms with Crippen molar-refractivity contribution < 1.29 is 8.78 Å². The van der Waals surface area contributed by atoms with Gasteiger partial charge in [0.15, 0.2) is 0 Å². The van der Waals surface area contributed by atoms with Gasteiger partial charge in [0.05, 0.1) is 33.4 Å². The number of para-hydroxylation sites is 2. The van der Waals surface area contributed by atoms with Crippen molar-refractivity contribution in [3.05, 3.63) is 193 Å². The summed E-state index contributed by atoms with van der Waals surface area (Å²) < 4.78 is 41.5. The lowest BCUT2D eigenvalue weighted by Gasteiger charge is -2.37. The summed E-state index contributed by atoms with van der Waals surface area (Å²) >= 11 is 3.74. The van der Waals surface area contributed by atoms with Gasteiger partial charge >= 0.3 is 0 Å². The number of hydrogen-bond donors (Lipinski definition) is 0. The van der Waals surface area contributed by atoms with E-state index in [0.717, 1.165) is 62.5 Å². The number of aromatic nitrogens is 2. The van der Waals surface area contributed by atoms with Gasteiger partial charge in [-0.25, -0.2) is 8.78 Å². The molecule has 15 rings (SSSR count). The second kappa shape index (κ2) is 16.7. The maximum Gasteiger partial charge on any atom is 0.123 e. The fourth-order valence-electron chi connectivity index (χ4n) is 13.7. The molecule has 4 heterocycles. The first kappa shape index (κ1) is 42.6. The standard InChI is InChI=1S/C66H50F2N2S2/c67-43-31-27-41(28-32-43)58-57(39-15-3-1-4-16-39)59(42-29-33-44(68)34-30-42)66(70-50-24-12-8-20-46(50)62-52(70)36-38-56-64(62)48-22-10-14-26-54(48)72-56)60(40-17-5-2-6-18-40)65(58)69-49-23-11-7-19-45(49)61-51(69)35-37-55-63(61)47-21-9-13-25-53(47)71-55/h7-14,19-40H,1-6,15-18H2. The molecule has 2 aliphatic carbocycles. The van der Waals surface area contributed by atoms with Gasteiger partial charge in [0.25, 0.3) is 0 Å². The van der Waals surface area contributed by atoms with Gasteiger partial charge in [-0.3, -0.25) is 0 Å². The fourth-order valence-corrected chi connectivity index (χ4v) is 15.9. The van der Waals surface area contributed by atoms with Crippen LogP contribution in [0.5, 0.6) is 0 Å². The summed E-state index contributed by atoms with van der Waals surface area (Å²) in [5, 5.41) is 10.2. The van der Waals surface area contributed by atoms with Gasteiger partial charge < -0.3 is 9.13 Å². The molecule has 6 heteroatoms. The summed E-state index contributed by atoms with van der Waals surface area (Å²) in [6.07, 6.45) is 11.1. The predicted octanol–water partition coefficient (Wildman–Crippen LogP) is 20.3. The maximum atomic E-state index is 15.5. The molecule has 0 spiro atoms. The predicted molar refractivity (Wildman–Crippen MR) is 303 cm³/mol. The van der Waals surface area contributed by atoms with Crippen LogP contribution in [0.2, 0.25) is 0 Å². The number of fused-ring (bicyclic) bond motifs is 14. The van der Waals surface area contributed by atoms with Gasteiger partial charge in [-0.2, -0.15) is 0 Å². The first-order valence-electron chi connectivity index (χ1n) is 26.0. The Bertz CT molecular complexity index is 4050. The van der Waals surface area contributed by atoms with Crippen LogP contribution >= 0.6 is 22.7 Å². The topological polar surface area (TPSA) is 9.86 Å².